The van der Waals surface area contributed by atoms with Crippen molar-refractivity contribution in [2.24, 2.45) is 4.99 Å². The van der Waals surface area contributed by atoms with Gasteiger partial charge < -0.3 is 29.6 Å². The summed E-state index contributed by atoms with van der Waals surface area (Å²) in [6, 6.07) is 5.32. The molecule has 0 aliphatic rings. The van der Waals surface area contributed by atoms with Crippen LogP contribution in [0, 0.1) is 0 Å². The van der Waals surface area contributed by atoms with Gasteiger partial charge >= 0.3 is 0 Å². The molecule has 8 nitrogen and oxygen atoms in total. The third-order valence-corrected chi connectivity index (χ3v) is 4.27. The summed E-state index contributed by atoms with van der Waals surface area (Å²) < 4.78 is 16.4. The Balaban J connectivity index is 2.05. The largest absolute Gasteiger partial charge is 0.497 e. The fraction of sp³-hybridized carbons (Fsp3) is 0.524. The van der Waals surface area contributed by atoms with Crippen LogP contribution >= 0.6 is 0 Å². The molecule has 8 heteroatoms. The van der Waals surface area contributed by atoms with Crippen molar-refractivity contribution < 1.29 is 19.0 Å². The first-order valence-electron chi connectivity index (χ1n) is 9.65. The average molecular weight is 405 g/mol. The lowest BCUT2D eigenvalue weighted by Crippen LogP contribution is -2.39. The molecule has 3 N–H and O–H groups in total. The Kier molecular flexibility index (Phi) is 7.90. The van der Waals surface area contributed by atoms with E-state index in [1.165, 1.54) is 0 Å². The molecule has 0 saturated heterocycles. The maximum absolute atomic E-state index is 10.6. The minimum atomic E-state index is -0.807. The van der Waals surface area contributed by atoms with E-state index in [-0.39, 0.29) is 12.0 Å². The van der Waals surface area contributed by atoms with Gasteiger partial charge in [-0.05, 0) is 25.1 Å². The minimum Gasteiger partial charge on any atom is -0.497 e. The van der Waals surface area contributed by atoms with Crippen LogP contribution < -0.4 is 20.1 Å². The minimum absolute atomic E-state index is 0.0996. The molecule has 0 radical (unpaired) electrons. The van der Waals surface area contributed by atoms with E-state index >= 15 is 0 Å². The van der Waals surface area contributed by atoms with Crippen LogP contribution in [-0.2, 0) is 12.0 Å². The van der Waals surface area contributed by atoms with Gasteiger partial charge in [0.15, 0.2) is 5.96 Å². The maximum atomic E-state index is 10.6. The molecule has 1 heterocycles. The number of oxazole rings is 1. The van der Waals surface area contributed by atoms with Crippen molar-refractivity contribution in [1.29, 1.82) is 0 Å². The van der Waals surface area contributed by atoms with Crippen LogP contribution in [0.2, 0.25) is 0 Å². The van der Waals surface area contributed by atoms with E-state index in [0.717, 1.165) is 5.76 Å². The topological polar surface area (TPSA) is 101 Å². The van der Waals surface area contributed by atoms with Crippen molar-refractivity contribution >= 4 is 5.96 Å². The Morgan fingerprint density at radius 1 is 1.24 bits per heavy atom. The summed E-state index contributed by atoms with van der Waals surface area (Å²) in [6.07, 6.45) is 0.933. The Labute approximate surface area is 172 Å². The van der Waals surface area contributed by atoms with Crippen LogP contribution in [0.4, 0.5) is 0 Å². The number of hydrogen-bond acceptors (Lipinski definition) is 6. The predicted molar refractivity (Wildman–Crippen MR) is 113 cm³/mol. The molecule has 0 aliphatic heterocycles. The number of rotatable bonds is 8. The molecule has 0 spiro atoms. The van der Waals surface area contributed by atoms with E-state index in [1.54, 1.807) is 38.6 Å². The van der Waals surface area contributed by atoms with E-state index in [4.69, 9.17) is 13.9 Å². The van der Waals surface area contributed by atoms with E-state index in [1.807, 2.05) is 6.92 Å². The third-order valence-electron chi connectivity index (χ3n) is 4.27. The van der Waals surface area contributed by atoms with Gasteiger partial charge in [-0.2, -0.15) is 0 Å². The maximum Gasteiger partial charge on any atom is 0.216 e. The van der Waals surface area contributed by atoms with Crippen molar-refractivity contribution in [3.8, 4) is 11.5 Å². The van der Waals surface area contributed by atoms with Crippen molar-refractivity contribution in [3.05, 3.63) is 41.6 Å². The predicted octanol–water partition coefficient (Wildman–Crippen LogP) is 2.78. The summed E-state index contributed by atoms with van der Waals surface area (Å²) in [7, 11) is 3.15. The average Bonchev–Trinajstić information content (AvgIpc) is 3.19. The van der Waals surface area contributed by atoms with E-state index < -0.39 is 6.10 Å². The monoisotopic (exact) mass is 404 g/mol. The summed E-state index contributed by atoms with van der Waals surface area (Å²) in [4.78, 5) is 8.78. The number of ether oxygens (including phenoxy) is 2. The number of methoxy groups -OCH3 is 2. The number of hydrogen-bond donors (Lipinski definition) is 3. The number of aliphatic hydroxyl groups excluding tert-OH is 1. The first-order valence-corrected chi connectivity index (χ1v) is 9.65. The quantitative estimate of drug-likeness (QED) is 0.459. The highest BCUT2D eigenvalue weighted by Gasteiger charge is 2.19. The zero-order valence-electron chi connectivity index (χ0n) is 18.1. The molecule has 0 amide bonds. The zero-order chi connectivity index (χ0) is 21.4. The molecule has 1 unspecified atom stereocenters. The Bertz CT molecular complexity index is 811. The van der Waals surface area contributed by atoms with Crippen molar-refractivity contribution in [1.82, 2.24) is 15.6 Å². The van der Waals surface area contributed by atoms with Gasteiger partial charge in [0.05, 0.1) is 26.5 Å². The lowest BCUT2D eigenvalue weighted by Gasteiger charge is -2.18. The fourth-order valence-corrected chi connectivity index (χ4v) is 2.62. The van der Waals surface area contributed by atoms with Gasteiger partial charge in [0.25, 0.3) is 0 Å². The first-order chi connectivity index (χ1) is 13.8. The highest BCUT2D eigenvalue weighted by atomic mass is 16.5. The summed E-state index contributed by atoms with van der Waals surface area (Å²) in [5.74, 6) is 3.17. The number of benzene rings is 1. The van der Waals surface area contributed by atoms with Crippen LogP contribution in [0.3, 0.4) is 0 Å². The standard InChI is InChI=1S/C21H32N4O4/c1-7-22-20(25-13-19-23-12-18(29-19)21(2,3)4)24-11-16(26)15-10-14(27-5)8-9-17(15)28-6/h8-10,12,16,26H,7,11,13H2,1-6H3,(H2,22,24,25). The van der Waals surface area contributed by atoms with Crippen LogP contribution in [0.5, 0.6) is 11.5 Å². The van der Waals surface area contributed by atoms with Gasteiger partial charge in [0.1, 0.15) is 23.8 Å². The first kappa shape index (κ1) is 22.5. The smallest absolute Gasteiger partial charge is 0.216 e. The normalized spacial score (nSPS) is 13.1. The van der Waals surface area contributed by atoms with Crippen LogP contribution in [0.1, 0.15) is 51.0 Å². The summed E-state index contributed by atoms with van der Waals surface area (Å²) in [6.45, 7) is 9.41. The molecule has 0 fully saturated rings. The molecule has 1 aromatic carbocycles. The van der Waals surface area contributed by atoms with Crippen molar-refractivity contribution in [2.45, 2.75) is 45.8 Å². The lowest BCUT2D eigenvalue weighted by atomic mass is 9.94. The second-order valence-electron chi connectivity index (χ2n) is 7.57. The summed E-state index contributed by atoms with van der Waals surface area (Å²) in [5.41, 5.74) is 0.537. The second kappa shape index (κ2) is 10.2. The van der Waals surface area contributed by atoms with Gasteiger partial charge in [-0.25, -0.2) is 9.98 Å². The molecule has 160 valence electrons. The Morgan fingerprint density at radius 2 is 2.00 bits per heavy atom. The van der Waals surface area contributed by atoms with Gasteiger partial charge in [0.2, 0.25) is 5.89 Å². The SMILES string of the molecule is CCNC(=NCc1ncc(C(C)(C)C)o1)NCC(O)c1cc(OC)ccc1OC. The molecule has 2 aromatic rings. The lowest BCUT2D eigenvalue weighted by molar-refractivity contribution is 0.176. The molecule has 0 saturated carbocycles. The summed E-state index contributed by atoms with van der Waals surface area (Å²) in [5, 5.41) is 16.9. The number of guanidine groups is 1. The zero-order valence-corrected chi connectivity index (χ0v) is 18.1. The molecule has 29 heavy (non-hydrogen) atoms. The highest BCUT2D eigenvalue weighted by Crippen LogP contribution is 2.29. The number of aliphatic hydroxyl groups is 1. The third kappa shape index (κ3) is 6.39. The van der Waals surface area contributed by atoms with E-state index in [9.17, 15) is 5.11 Å². The molecule has 2 rings (SSSR count). The molecule has 1 atom stereocenters. The number of nitrogens with one attached hydrogen (secondary N) is 2. The number of nitrogens with zero attached hydrogens (tertiary/aromatic N) is 2. The van der Waals surface area contributed by atoms with Gasteiger partial charge in [-0.1, -0.05) is 20.8 Å². The van der Waals surface area contributed by atoms with Crippen LogP contribution in [-0.4, -0.2) is 43.4 Å². The Morgan fingerprint density at radius 3 is 2.59 bits per heavy atom. The van der Waals surface area contributed by atoms with Gasteiger partial charge in [0, 0.05) is 24.1 Å². The second-order valence-corrected chi connectivity index (χ2v) is 7.57. The molecular weight excluding hydrogens is 372 g/mol. The van der Waals surface area contributed by atoms with Crippen LogP contribution in [0.15, 0.2) is 33.8 Å². The van der Waals surface area contributed by atoms with Gasteiger partial charge in [-0.15, -0.1) is 0 Å². The van der Waals surface area contributed by atoms with E-state index in [2.05, 4.69) is 41.4 Å². The van der Waals surface area contributed by atoms with Crippen molar-refractivity contribution in [3.63, 3.8) is 0 Å². The molecule has 1 aromatic heterocycles. The molecule has 0 aliphatic carbocycles. The highest BCUT2D eigenvalue weighted by molar-refractivity contribution is 5.79. The number of aliphatic imine (C=N–C) groups is 1. The Hall–Kier alpha value is -2.74. The van der Waals surface area contributed by atoms with Crippen LogP contribution in [0.25, 0.3) is 0 Å². The van der Waals surface area contributed by atoms with E-state index in [0.29, 0.717) is 42.0 Å². The number of aromatic nitrogens is 1. The van der Waals surface area contributed by atoms with Crippen molar-refractivity contribution in [2.75, 3.05) is 27.3 Å². The van der Waals surface area contributed by atoms with Gasteiger partial charge in [-0.3, -0.25) is 0 Å². The molecule has 0 bridgehead atoms. The fourth-order valence-electron chi connectivity index (χ4n) is 2.62. The molecular formula is C21H32N4O4. The summed E-state index contributed by atoms with van der Waals surface area (Å²) >= 11 is 0.